The summed E-state index contributed by atoms with van der Waals surface area (Å²) in [6.45, 7) is 10.9. The molecule has 0 bridgehead atoms. The summed E-state index contributed by atoms with van der Waals surface area (Å²) in [5, 5.41) is 10.4. The highest BCUT2D eigenvalue weighted by Crippen LogP contribution is 2.33. The van der Waals surface area contributed by atoms with Crippen LogP contribution in [0.4, 0.5) is 5.82 Å². The highest BCUT2D eigenvalue weighted by molar-refractivity contribution is 5.81. The van der Waals surface area contributed by atoms with Crippen molar-refractivity contribution in [1.29, 1.82) is 0 Å². The predicted molar refractivity (Wildman–Crippen MR) is 110 cm³/mol. The zero-order valence-corrected chi connectivity index (χ0v) is 17.7. The number of nitrogen functional groups attached to an aromatic ring is 1. The third-order valence-corrected chi connectivity index (χ3v) is 4.90. The molecule has 5 N–H and O–H groups in total. The summed E-state index contributed by atoms with van der Waals surface area (Å²) in [5.74, 6) is -0.476. The molecule has 1 unspecified atom stereocenters. The molecule has 0 radical (unpaired) electrons. The fourth-order valence-electron chi connectivity index (χ4n) is 3.87. The van der Waals surface area contributed by atoms with Crippen molar-refractivity contribution >= 4 is 17.0 Å². The second kappa shape index (κ2) is 8.88. The van der Waals surface area contributed by atoms with Gasteiger partial charge in [0.25, 0.3) is 0 Å². The molecule has 2 aromatic rings. The summed E-state index contributed by atoms with van der Waals surface area (Å²) >= 11 is 0. The van der Waals surface area contributed by atoms with Crippen LogP contribution < -0.4 is 11.5 Å². The first-order chi connectivity index (χ1) is 13.7. The Morgan fingerprint density at radius 1 is 1.38 bits per heavy atom. The number of hydrogen-bond acceptors (Lipinski definition) is 9. The minimum absolute atomic E-state index is 0.204. The van der Waals surface area contributed by atoms with Crippen LogP contribution in [-0.2, 0) is 9.47 Å². The van der Waals surface area contributed by atoms with Crippen LogP contribution >= 0.6 is 0 Å². The summed E-state index contributed by atoms with van der Waals surface area (Å²) in [7, 11) is 0. The van der Waals surface area contributed by atoms with Gasteiger partial charge in [0.05, 0.1) is 25.1 Å². The minimum atomic E-state index is -1.31. The molecule has 10 heteroatoms. The lowest BCUT2D eigenvalue weighted by molar-refractivity contribution is -0.220. The number of imidazole rings is 1. The molecule has 1 aliphatic heterocycles. The van der Waals surface area contributed by atoms with Gasteiger partial charge in [0.15, 0.2) is 17.3 Å². The van der Waals surface area contributed by atoms with E-state index in [4.69, 9.17) is 20.9 Å². The molecule has 1 saturated heterocycles. The van der Waals surface area contributed by atoms with Gasteiger partial charge in [-0.3, -0.25) is 4.90 Å². The molecule has 10 nitrogen and oxygen atoms in total. The minimum Gasteiger partial charge on any atom is -0.382 e. The summed E-state index contributed by atoms with van der Waals surface area (Å²) in [6.07, 6.45) is 2.48. The first-order valence-corrected chi connectivity index (χ1v) is 10.1. The highest BCUT2D eigenvalue weighted by Gasteiger charge is 2.43. The van der Waals surface area contributed by atoms with Crippen LogP contribution in [0, 0.1) is 5.92 Å². The number of ether oxygens (including phenoxy) is 2. The van der Waals surface area contributed by atoms with E-state index in [2.05, 4.69) is 33.7 Å². The van der Waals surface area contributed by atoms with Crippen LogP contribution in [0.15, 0.2) is 12.7 Å². The van der Waals surface area contributed by atoms with Gasteiger partial charge in [-0.1, -0.05) is 13.8 Å². The van der Waals surface area contributed by atoms with E-state index in [-0.39, 0.29) is 12.1 Å². The lowest BCUT2D eigenvalue weighted by Gasteiger charge is -2.33. The molecule has 162 valence electrons. The third kappa shape index (κ3) is 5.20. The van der Waals surface area contributed by atoms with Gasteiger partial charge < -0.3 is 30.6 Å². The molecule has 0 saturated carbocycles. The first-order valence-electron chi connectivity index (χ1n) is 10.1. The molecule has 3 heterocycles. The summed E-state index contributed by atoms with van der Waals surface area (Å²) in [5.41, 5.74) is 12.9. The van der Waals surface area contributed by atoms with Gasteiger partial charge in [-0.25, -0.2) is 15.0 Å². The Morgan fingerprint density at radius 3 is 2.79 bits per heavy atom. The SMILES string of the molecule is CC(C)CN(CCN)C[C@H]1OCC(n2cnc3c(N)ncnc32)[C@@H]1OC(C)(C)O. The van der Waals surface area contributed by atoms with Gasteiger partial charge >= 0.3 is 0 Å². The smallest absolute Gasteiger partial charge is 0.165 e. The van der Waals surface area contributed by atoms with Crippen molar-refractivity contribution in [3.63, 3.8) is 0 Å². The maximum Gasteiger partial charge on any atom is 0.165 e. The number of nitrogens with zero attached hydrogens (tertiary/aromatic N) is 5. The Labute approximate surface area is 171 Å². The van der Waals surface area contributed by atoms with Gasteiger partial charge in [-0.15, -0.1) is 0 Å². The number of hydrogen-bond donors (Lipinski definition) is 3. The molecule has 0 amide bonds. The maximum atomic E-state index is 10.4. The molecule has 0 aliphatic carbocycles. The van der Waals surface area contributed by atoms with E-state index in [9.17, 15) is 5.11 Å². The number of fused-ring (bicyclic) bond motifs is 1. The molecule has 2 aromatic heterocycles. The Bertz CT molecular complexity index is 805. The van der Waals surface area contributed by atoms with E-state index in [1.54, 1.807) is 20.2 Å². The maximum absolute atomic E-state index is 10.4. The number of nitrogens with two attached hydrogens (primary N) is 2. The number of anilines is 1. The van der Waals surface area contributed by atoms with Crippen molar-refractivity contribution in [1.82, 2.24) is 24.4 Å². The Hall–Kier alpha value is -1.85. The van der Waals surface area contributed by atoms with E-state index in [0.29, 0.717) is 42.6 Å². The van der Waals surface area contributed by atoms with E-state index < -0.39 is 11.9 Å². The van der Waals surface area contributed by atoms with E-state index in [0.717, 1.165) is 13.1 Å². The third-order valence-electron chi connectivity index (χ3n) is 4.90. The molecule has 29 heavy (non-hydrogen) atoms. The Morgan fingerprint density at radius 2 is 2.14 bits per heavy atom. The highest BCUT2D eigenvalue weighted by atomic mass is 16.6. The predicted octanol–water partition coefficient (Wildman–Crippen LogP) is 0.379. The van der Waals surface area contributed by atoms with Crippen LogP contribution in [0.5, 0.6) is 0 Å². The summed E-state index contributed by atoms with van der Waals surface area (Å²) < 4.78 is 14.1. The normalized spacial score (nSPS) is 23.0. The number of aliphatic hydroxyl groups is 1. The standard InChI is InChI=1S/C19H33N7O3/c1-12(2)7-25(6-5-20)8-14-16(29-19(3,4)27)13(9-28-14)26-11-24-15-17(21)22-10-23-18(15)26/h10-14,16,27H,5-9,20H2,1-4H3,(H2,21,22,23)/t13?,14-,16+/m1/s1. The molecular formula is C19H33N7O3. The molecule has 1 fully saturated rings. The average Bonchev–Trinajstić information content (AvgIpc) is 3.19. The molecule has 1 aliphatic rings. The second-order valence-electron chi connectivity index (χ2n) is 8.49. The average molecular weight is 408 g/mol. The van der Waals surface area contributed by atoms with Crippen molar-refractivity contribution in [2.24, 2.45) is 11.7 Å². The monoisotopic (exact) mass is 407 g/mol. The molecule has 0 spiro atoms. The van der Waals surface area contributed by atoms with Crippen molar-refractivity contribution in [3.8, 4) is 0 Å². The van der Waals surface area contributed by atoms with Crippen LogP contribution in [0.3, 0.4) is 0 Å². The van der Waals surface area contributed by atoms with Gasteiger partial charge in [-0.05, 0) is 19.8 Å². The fraction of sp³-hybridized carbons (Fsp3) is 0.737. The van der Waals surface area contributed by atoms with Gasteiger partial charge in [-0.2, -0.15) is 0 Å². The summed E-state index contributed by atoms with van der Waals surface area (Å²) in [6, 6.07) is -0.204. The molecule has 0 aromatic carbocycles. The molecule has 3 rings (SSSR count). The van der Waals surface area contributed by atoms with E-state index in [1.807, 2.05) is 4.57 Å². The zero-order chi connectivity index (χ0) is 21.2. The summed E-state index contributed by atoms with van der Waals surface area (Å²) in [4.78, 5) is 15.0. The van der Waals surface area contributed by atoms with Crippen molar-refractivity contribution in [3.05, 3.63) is 12.7 Å². The quantitative estimate of drug-likeness (QED) is 0.504. The van der Waals surface area contributed by atoms with Gasteiger partial charge in [0, 0.05) is 26.2 Å². The van der Waals surface area contributed by atoms with Crippen molar-refractivity contribution in [2.75, 3.05) is 38.5 Å². The second-order valence-corrected chi connectivity index (χ2v) is 8.49. The van der Waals surface area contributed by atoms with Crippen LogP contribution in [0.2, 0.25) is 0 Å². The zero-order valence-electron chi connectivity index (χ0n) is 17.7. The van der Waals surface area contributed by atoms with Gasteiger partial charge in [0.2, 0.25) is 0 Å². The Kier molecular flexibility index (Phi) is 6.69. The lowest BCUT2D eigenvalue weighted by Crippen LogP contribution is -2.46. The van der Waals surface area contributed by atoms with Crippen molar-refractivity contribution in [2.45, 2.75) is 51.7 Å². The first kappa shape index (κ1) is 21.8. The van der Waals surface area contributed by atoms with Gasteiger partial charge in [0.1, 0.15) is 17.9 Å². The van der Waals surface area contributed by atoms with Crippen molar-refractivity contribution < 1.29 is 14.6 Å². The topological polar surface area (TPSA) is 138 Å². The number of aromatic nitrogens is 4. The van der Waals surface area contributed by atoms with E-state index in [1.165, 1.54) is 6.33 Å². The molecule has 3 atom stereocenters. The van der Waals surface area contributed by atoms with Crippen LogP contribution in [0.1, 0.15) is 33.7 Å². The van der Waals surface area contributed by atoms with E-state index >= 15 is 0 Å². The molecular weight excluding hydrogens is 374 g/mol. The largest absolute Gasteiger partial charge is 0.382 e. The van der Waals surface area contributed by atoms with Crippen LogP contribution in [0.25, 0.3) is 11.2 Å². The Balaban J connectivity index is 1.88. The lowest BCUT2D eigenvalue weighted by atomic mass is 10.1. The number of rotatable bonds is 9. The van der Waals surface area contributed by atoms with Crippen LogP contribution in [-0.4, -0.2) is 80.3 Å². The fourth-order valence-corrected chi connectivity index (χ4v) is 3.87.